The van der Waals surface area contributed by atoms with Crippen LogP contribution >= 0.6 is 0 Å². The van der Waals surface area contributed by atoms with Crippen LogP contribution in [0.1, 0.15) is 38.5 Å². The predicted octanol–water partition coefficient (Wildman–Crippen LogP) is 3.03. The first-order valence-corrected chi connectivity index (χ1v) is 6.75. The summed E-state index contributed by atoms with van der Waals surface area (Å²) in [5, 5.41) is 10.6. The Kier molecular flexibility index (Phi) is 4.37. The van der Waals surface area contributed by atoms with Crippen LogP contribution in [0.3, 0.4) is 0 Å². The summed E-state index contributed by atoms with van der Waals surface area (Å²) in [6.07, 6.45) is 6.77. The van der Waals surface area contributed by atoms with Gasteiger partial charge in [-0.05, 0) is 25.0 Å². The minimum atomic E-state index is -0.417. The lowest BCUT2D eigenvalue weighted by Crippen LogP contribution is -2.45. The van der Waals surface area contributed by atoms with Crippen LogP contribution in [0.4, 0.5) is 5.69 Å². The Labute approximate surface area is 112 Å². The minimum absolute atomic E-state index is 0.0734. The molecule has 2 N–H and O–H groups in total. The molecule has 1 aromatic rings. The second-order valence-corrected chi connectivity index (χ2v) is 5.32. The lowest BCUT2D eigenvalue weighted by molar-refractivity contribution is -0.384. The van der Waals surface area contributed by atoms with Crippen LogP contribution < -0.4 is 10.5 Å². The van der Waals surface area contributed by atoms with Crippen molar-refractivity contribution >= 4 is 5.69 Å². The maximum Gasteiger partial charge on any atom is 0.269 e. The summed E-state index contributed by atoms with van der Waals surface area (Å²) in [6.45, 7) is 0.477. The second-order valence-electron chi connectivity index (χ2n) is 5.32. The normalized spacial score (nSPS) is 18.6. The number of nitro groups is 1. The molecule has 2 rings (SSSR count). The van der Waals surface area contributed by atoms with Gasteiger partial charge in [0, 0.05) is 12.1 Å². The lowest BCUT2D eigenvalue weighted by atomic mass is 9.92. The maximum absolute atomic E-state index is 10.6. The Morgan fingerprint density at radius 2 is 1.74 bits per heavy atom. The molecule has 104 valence electrons. The highest BCUT2D eigenvalue weighted by molar-refractivity contribution is 5.36. The first kappa shape index (κ1) is 13.8. The number of hydrogen-bond acceptors (Lipinski definition) is 4. The van der Waals surface area contributed by atoms with Gasteiger partial charge in [0.15, 0.2) is 0 Å². The molecule has 0 atom stereocenters. The van der Waals surface area contributed by atoms with Gasteiger partial charge in [-0.3, -0.25) is 10.1 Å². The zero-order valence-electron chi connectivity index (χ0n) is 11.0. The van der Waals surface area contributed by atoms with Crippen molar-refractivity contribution in [1.82, 2.24) is 0 Å². The molecule has 5 nitrogen and oxygen atoms in total. The summed E-state index contributed by atoms with van der Waals surface area (Å²) in [6, 6.07) is 6.15. The van der Waals surface area contributed by atoms with E-state index in [9.17, 15) is 10.1 Å². The third kappa shape index (κ3) is 3.92. The van der Waals surface area contributed by atoms with E-state index in [2.05, 4.69) is 0 Å². The molecule has 1 aliphatic rings. The molecule has 0 heterocycles. The van der Waals surface area contributed by atoms with E-state index in [1.807, 2.05) is 0 Å². The summed E-state index contributed by atoms with van der Waals surface area (Å²) >= 11 is 0. The molecule has 1 aliphatic carbocycles. The summed E-state index contributed by atoms with van der Waals surface area (Å²) in [4.78, 5) is 10.1. The largest absolute Gasteiger partial charge is 0.492 e. The Hall–Kier alpha value is -1.62. The van der Waals surface area contributed by atoms with Crippen LogP contribution in [0.25, 0.3) is 0 Å². The van der Waals surface area contributed by atoms with Crippen molar-refractivity contribution < 1.29 is 9.66 Å². The van der Waals surface area contributed by atoms with Gasteiger partial charge in [-0.25, -0.2) is 0 Å². The van der Waals surface area contributed by atoms with Gasteiger partial charge in [0.05, 0.1) is 10.5 Å². The second kappa shape index (κ2) is 6.02. The first-order chi connectivity index (χ1) is 9.09. The van der Waals surface area contributed by atoms with Gasteiger partial charge >= 0.3 is 0 Å². The highest BCUT2D eigenvalue weighted by atomic mass is 16.6. The van der Waals surface area contributed by atoms with Gasteiger partial charge in [0.25, 0.3) is 5.69 Å². The molecule has 19 heavy (non-hydrogen) atoms. The standard InChI is InChI=1S/C14H20N2O3/c15-14(9-3-1-2-4-10-14)11-19-13-7-5-12(6-8-13)16(17)18/h5-8H,1-4,9-11,15H2. The van der Waals surface area contributed by atoms with Crippen molar-refractivity contribution in [3.05, 3.63) is 34.4 Å². The quantitative estimate of drug-likeness (QED) is 0.515. The van der Waals surface area contributed by atoms with Crippen LogP contribution in [0.15, 0.2) is 24.3 Å². The van der Waals surface area contributed by atoms with Gasteiger partial charge in [0.2, 0.25) is 0 Å². The Bertz CT molecular complexity index is 423. The van der Waals surface area contributed by atoms with E-state index in [4.69, 9.17) is 10.5 Å². The molecule has 5 heteroatoms. The first-order valence-electron chi connectivity index (χ1n) is 6.75. The van der Waals surface area contributed by atoms with Crippen molar-refractivity contribution in [3.8, 4) is 5.75 Å². The molecular formula is C14H20N2O3. The molecular weight excluding hydrogens is 244 g/mol. The van der Waals surface area contributed by atoms with Gasteiger partial charge in [-0.1, -0.05) is 25.7 Å². The van der Waals surface area contributed by atoms with E-state index < -0.39 is 4.92 Å². The van der Waals surface area contributed by atoms with E-state index in [0.717, 1.165) is 25.7 Å². The third-order valence-corrected chi connectivity index (χ3v) is 3.67. The summed E-state index contributed by atoms with van der Waals surface area (Å²) in [5.74, 6) is 0.639. The highest BCUT2D eigenvalue weighted by Gasteiger charge is 2.27. The Morgan fingerprint density at radius 1 is 1.16 bits per heavy atom. The van der Waals surface area contributed by atoms with Crippen molar-refractivity contribution in [3.63, 3.8) is 0 Å². The molecule has 0 saturated heterocycles. The topological polar surface area (TPSA) is 78.4 Å². The molecule has 0 aromatic heterocycles. The van der Waals surface area contributed by atoms with Gasteiger partial charge in [-0.15, -0.1) is 0 Å². The van der Waals surface area contributed by atoms with Gasteiger partial charge < -0.3 is 10.5 Å². The van der Waals surface area contributed by atoms with Crippen LogP contribution in [0.5, 0.6) is 5.75 Å². The van der Waals surface area contributed by atoms with Crippen molar-refractivity contribution in [2.24, 2.45) is 5.73 Å². The van der Waals surface area contributed by atoms with Crippen molar-refractivity contribution in [2.45, 2.75) is 44.1 Å². The summed E-state index contributed by atoms with van der Waals surface area (Å²) in [7, 11) is 0. The molecule has 1 saturated carbocycles. The number of ether oxygens (including phenoxy) is 1. The summed E-state index contributed by atoms with van der Waals surface area (Å²) < 4.78 is 5.69. The van der Waals surface area contributed by atoms with E-state index in [-0.39, 0.29) is 11.2 Å². The maximum atomic E-state index is 10.6. The average Bonchev–Trinajstić information content (AvgIpc) is 2.62. The molecule has 1 fully saturated rings. The molecule has 0 amide bonds. The van der Waals surface area contributed by atoms with E-state index in [0.29, 0.717) is 12.4 Å². The zero-order valence-corrected chi connectivity index (χ0v) is 11.0. The number of nitrogens with zero attached hydrogens (tertiary/aromatic N) is 1. The van der Waals surface area contributed by atoms with E-state index >= 15 is 0 Å². The fraction of sp³-hybridized carbons (Fsp3) is 0.571. The monoisotopic (exact) mass is 264 g/mol. The third-order valence-electron chi connectivity index (χ3n) is 3.67. The molecule has 0 aliphatic heterocycles. The molecule has 1 aromatic carbocycles. The SMILES string of the molecule is NC1(COc2ccc([N+](=O)[O-])cc2)CCCCCC1. The predicted molar refractivity (Wildman–Crippen MR) is 73.2 cm³/mol. The van der Waals surface area contributed by atoms with Crippen LogP contribution in [0, 0.1) is 10.1 Å². The molecule has 0 bridgehead atoms. The number of rotatable bonds is 4. The van der Waals surface area contributed by atoms with Crippen LogP contribution in [-0.4, -0.2) is 17.1 Å². The Morgan fingerprint density at radius 3 is 2.26 bits per heavy atom. The fourth-order valence-electron chi connectivity index (χ4n) is 2.47. The zero-order chi connectivity index (χ0) is 13.7. The molecule has 0 radical (unpaired) electrons. The summed E-state index contributed by atoms with van der Waals surface area (Å²) in [5.41, 5.74) is 6.17. The van der Waals surface area contributed by atoms with Gasteiger partial charge in [0.1, 0.15) is 12.4 Å². The number of non-ortho nitro benzene ring substituents is 1. The number of benzene rings is 1. The molecule has 0 spiro atoms. The van der Waals surface area contributed by atoms with E-state index in [1.54, 1.807) is 12.1 Å². The van der Waals surface area contributed by atoms with Crippen molar-refractivity contribution in [1.29, 1.82) is 0 Å². The fourth-order valence-corrected chi connectivity index (χ4v) is 2.47. The molecule has 0 unspecified atom stereocenters. The number of nitrogens with two attached hydrogens (primary N) is 1. The van der Waals surface area contributed by atoms with E-state index in [1.165, 1.54) is 25.0 Å². The average molecular weight is 264 g/mol. The number of nitro benzene ring substituents is 1. The van der Waals surface area contributed by atoms with Crippen LogP contribution in [-0.2, 0) is 0 Å². The number of hydrogen-bond donors (Lipinski definition) is 1. The minimum Gasteiger partial charge on any atom is -0.492 e. The highest BCUT2D eigenvalue weighted by Crippen LogP contribution is 2.26. The smallest absolute Gasteiger partial charge is 0.269 e. The van der Waals surface area contributed by atoms with Crippen molar-refractivity contribution in [2.75, 3.05) is 6.61 Å². The van der Waals surface area contributed by atoms with Gasteiger partial charge in [-0.2, -0.15) is 0 Å². The lowest BCUT2D eigenvalue weighted by Gasteiger charge is -2.27. The Balaban J connectivity index is 1.92. The van der Waals surface area contributed by atoms with Crippen LogP contribution in [0.2, 0.25) is 0 Å².